The lowest BCUT2D eigenvalue weighted by molar-refractivity contribution is -0.143. The van der Waals surface area contributed by atoms with Crippen molar-refractivity contribution in [1.82, 2.24) is 15.5 Å². The van der Waals surface area contributed by atoms with Gasteiger partial charge in [0.2, 0.25) is 17.7 Å². The minimum atomic E-state index is -1.30. The molecule has 0 saturated heterocycles. The van der Waals surface area contributed by atoms with Gasteiger partial charge < -0.3 is 26.0 Å². The number of nitrogens with zero attached hydrogens (tertiary/aromatic N) is 1. The molecule has 0 aliphatic rings. The normalized spacial score (nSPS) is 12.7. The molecule has 0 aliphatic heterocycles. The van der Waals surface area contributed by atoms with Crippen molar-refractivity contribution in [1.29, 1.82) is 0 Å². The summed E-state index contributed by atoms with van der Waals surface area (Å²) in [7, 11) is 0. The first-order chi connectivity index (χ1) is 17.3. The Bertz CT molecular complexity index is 1110. The first kappa shape index (κ1) is 29.4. The van der Waals surface area contributed by atoms with Gasteiger partial charge in [0.05, 0.1) is 6.42 Å². The average Bonchev–Trinajstić information content (AvgIpc) is 2.81. The molecule has 9 heteroatoms. The zero-order valence-corrected chi connectivity index (χ0v) is 22.5. The fourth-order valence-corrected chi connectivity index (χ4v) is 3.90. The lowest BCUT2D eigenvalue weighted by atomic mass is 9.96. The monoisotopic (exact) mass is 510 g/mol. The number of nitrogens with one attached hydrogen (secondary N) is 2. The van der Waals surface area contributed by atoms with Crippen molar-refractivity contribution < 1.29 is 23.9 Å². The maximum atomic E-state index is 13.8. The molecule has 0 aromatic heterocycles. The molecule has 2 unspecified atom stereocenters. The standard InChI is InChI=1S/C28H38N4O5/c1-7-32(26(35)22(16-23(29)33)31-27(36)37-28(4,5)6)24(21-15-18(2)13-14-19(21)3)25(34)30-17-20-11-9-8-10-12-20/h8-15,22,24H,7,16-17H2,1-6H3,(H2,29,33)(H,30,34)(H,31,36). The zero-order chi connectivity index (χ0) is 27.8. The smallest absolute Gasteiger partial charge is 0.408 e. The summed E-state index contributed by atoms with van der Waals surface area (Å²) in [4.78, 5) is 53.0. The van der Waals surface area contributed by atoms with Gasteiger partial charge in [-0.25, -0.2) is 4.79 Å². The number of hydrogen-bond acceptors (Lipinski definition) is 5. The molecular weight excluding hydrogens is 472 g/mol. The Labute approximate surface area is 218 Å². The minimum Gasteiger partial charge on any atom is -0.444 e. The van der Waals surface area contributed by atoms with Crippen molar-refractivity contribution >= 4 is 23.8 Å². The second kappa shape index (κ2) is 12.9. The number of likely N-dealkylation sites (N-methyl/N-ethyl adjacent to an activating group) is 1. The van der Waals surface area contributed by atoms with Gasteiger partial charge in [-0.2, -0.15) is 0 Å². The summed E-state index contributed by atoms with van der Waals surface area (Å²) in [5.74, 6) is -1.78. The molecule has 0 bridgehead atoms. The quantitative estimate of drug-likeness (QED) is 0.452. The van der Waals surface area contributed by atoms with Crippen molar-refractivity contribution in [2.24, 2.45) is 5.73 Å². The minimum absolute atomic E-state index is 0.140. The number of hydrogen-bond donors (Lipinski definition) is 3. The average molecular weight is 511 g/mol. The van der Waals surface area contributed by atoms with E-state index in [0.29, 0.717) is 5.56 Å². The number of rotatable bonds is 10. The third-order valence-corrected chi connectivity index (χ3v) is 5.62. The van der Waals surface area contributed by atoms with Crippen LogP contribution in [0.5, 0.6) is 0 Å². The molecule has 0 radical (unpaired) electrons. The van der Waals surface area contributed by atoms with E-state index in [0.717, 1.165) is 16.7 Å². The van der Waals surface area contributed by atoms with Gasteiger partial charge in [0.25, 0.3) is 0 Å². The SMILES string of the molecule is CCN(C(=O)C(CC(N)=O)NC(=O)OC(C)(C)C)C(C(=O)NCc1ccccc1)c1cc(C)ccc1C. The third-order valence-electron chi connectivity index (χ3n) is 5.62. The van der Waals surface area contributed by atoms with Crippen molar-refractivity contribution in [2.75, 3.05) is 6.54 Å². The number of carbonyl (C=O) groups is 4. The maximum Gasteiger partial charge on any atom is 0.408 e. The second-order valence-corrected chi connectivity index (χ2v) is 9.96. The Morgan fingerprint density at radius 3 is 2.24 bits per heavy atom. The van der Waals surface area contributed by atoms with Crippen LogP contribution in [0.4, 0.5) is 4.79 Å². The van der Waals surface area contributed by atoms with E-state index in [1.54, 1.807) is 27.7 Å². The Balaban J connectivity index is 2.44. The molecule has 2 rings (SSSR count). The highest BCUT2D eigenvalue weighted by Gasteiger charge is 2.36. The molecule has 0 fully saturated rings. The first-order valence-electron chi connectivity index (χ1n) is 12.3. The van der Waals surface area contributed by atoms with E-state index < -0.39 is 42.0 Å². The van der Waals surface area contributed by atoms with Crippen molar-refractivity contribution in [2.45, 2.75) is 72.2 Å². The van der Waals surface area contributed by atoms with Crippen LogP contribution in [0.2, 0.25) is 0 Å². The number of amides is 4. The summed E-state index contributed by atoms with van der Waals surface area (Å²) in [5, 5.41) is 5.39. The molecule has 9 nitrogen and oxygen atoms in total. The molecule has 37 heavy (non-hydrogen) atoms. The molecule has 4 N–H and O–H groups in total. The predicted molar refractivity (Wildman–Crippen MR) is 141 cm³/mol. The highest BCUT2D eigenvalue weighted by atomic mass is 16.6. The Hall–Kier alpha value is -3.88. The lowest BCUT2D eigenvalue weighted by Gasteiger charge is -2.34. The van der Waals surface area contributed by atoms with Crippen molar-refractivity contribution in [3.8, 4) is 0 Å². The number of carbonyl (C=O) groups excluding carboxylic acids is 4. The topological polar surface area (TPSA) is 131 Å². The molecule has 0 aliphatic carbocycles. The number of alkyl carbamates (subject to hydrolysis) is 1. The van der Waals surface area contributed by atoms with Crippen LogP contribution in [-0.2, 0) is 25.7 Å². The predicted octanol–water partition coefficient (Wildman–Crippen LogP) is 3.28. The number of ether oxygens (including phenoxy) is 1. The van der Waals surface area contributed by atoms with E-state index in [2.05, 4.69) is 10.6 Å². The van der Waals surface area contributed by atoms with Gasteiger partial charge in [-0.15, -0.1) is 0 Å². The van der Waals surface area contributed by atoms with Crippen LogP contribution < -0.4 is 16.4 Å². The van der Waals surface area contributed by atoms with Gasteiger partial charge in [0, 0.05) is 13.1 Å². The summed E-state index contributed by atoms with van der Waals surface area (Å²) in [6, 6.07) is 12.8. The van der Waals surface area contributed by atoms with Crippen LogP contribution in [0.15, 0.2) is 48.5 Å². The molecule has 0 saturated carbocycles. The Kier molecular flexibility index (Phi) is 10.2. The van der Waals surface area contributed by atoms with E-state index in [9.17, 15) is 19.2 Å². The van der Waals surface area contributed by atoms with E-state index in [-0.39, 0.29) is 19.0 Å². The maximum absolute atomic E-state index is 13.8. The molecular formula is C28H38N4O5. The Morgan fingerprint density at radius 2 is 1.68 bits per heavy atom. The van der Waals surface area contributed by atoms with Crippen molar-refractivity contribution in [3.05, 3.63) is 70.8 Å². The molecule has 0 heterocycles. The van der Waals surface area contributed by atoms with Crippen LogP contribution in [-0.4, -0.2) is 46.9 Å². The van der Waals surface area contributed by atoms with Crippen LogP contribution >= 0.6 is 0 Å². The third kappa shape index (κ3) is 8.93. The number of nitrogens with two attached hydrogens (primary N) is 1. The molecule has 0 spiro atoms. The Morgan fingerprint density at radius 1 is 1.03 bits per heavy atom. The van der Waals surface area contributed by atoms with E-state index in [1.807, 2.05) is 62.4 Å². The van der Waals surface area contributed by atoms with Gasteiger partial charge in [-0.1, -0.05) is 54.1 Å². The summed E-state index contributed by atoms with van der Waals surface area (Å²) < 4.78 is 5.28. The number of aryl methyl sites for hydroxylation is 2. The highest BCUT2D eigenvalue weighted by Crippen LogP contribution is 2.27. The molecule has 2 atom stereocenters. The lowest BCUT2D eigenvalue weighted by Crippen LogP contribution is -2.54. The fourth-order valence-electron chi connectivity index (χ4n) is 3.90. The number of benzene rings is 2. The summed E-state index contributed by atoms with van der Waals surface area (Å²) in [6.45, 7) is 11.0. The molecule has 2 aromatic rings. The molecule has 2 aromatic carbocycles. The molecule has 4 amide bonds. The van der Waals surface area contributed by atoms with E-state index in [1.165, 1.54) is 4.90 Å². The van der Waals surface area contributed by atoms with Gasteiger partial charge >= 0.3 is 6.09 Å². The summed E-state index contributed by atoms with van der Waals surface area (Å²) in [6.07, 6.45) is -1.31. The zero-order valence-electron chi connectivity index (χ0n) is 22.5. The van der Waals surface area contributed by atoms with Gasteiger partial charge in [0.1, 0.15) is 17.7 Å². The first-order valence-corrected chi connectivity index (χ1v) is 12.3. The van der Waals surface area contributed by atoms with Crippen LogP contribution in [0.25, 0.3) is 0 Å². The fraction of sp³-hybridized carbons (Fsp3) is 0.429. The molecule has 200 valence electrons. The summed E-state index contributed by atoms with van der Waals surface area (Å²) >= 11 is 0. The van der Waals surface area contributed by atoms with E-state index in [4.69, 9.17) is 10.5 Å². The van der Waals surface area contributed by atoms with Gasteiger partial charge in [-0.3, -0.25) is 14.4 Å². The van der Waals surface area contributed by atoms with Crippen LogP contribution in [0.1, 0.15) is 62.4 Å². The summed E-state index contributed by atoms with van der Waals surface area (Å²) in [5.41, 5.74) is 7.88. The van der Waals surface area contributed by atoms with E-state index >= 15 is 0 Å². The van der Waals surface area contributed by atoms with Gasteiger partial charge in [0.15, 0.2) is 0 Å². The van der Waals surface area contributed by atoms with Gasteiger partial charge in [-0.05, 0) is 58.2 Å². The van der Waals surface area contributed by atoms with Crippen LogP contribution in [0, 0.1) is 13.8 Å². The largest absolute Gasteiger partial charge is 0.444 e. The second-order valence-electron chi connectivity index (χ2n) is 9.96. The van der Waals surface area contributed by atoms with Crippen molar-refractivity contribution in [3.63, 3.8) is 0 Å². The van der Waals surface area contributed by atoms with Crippen LogP contribution in [0.3, 0.4) is 0 Å². The number of primary amides is 1. The highest BCUT2D eigenvalue weighted by molar-refractivity contribution is 5.94.